The molecule has 2 aromatic carbocycles. The lowest BCUT2D eigenvalue weighted by molar-refractivity contribution is -0.145. The standard InChI is InChI=1S/C17H15ClO3/c1-17(2)16(19)20-15(21-17)13-5-3-11(4-6-13)12-7-9-14(18)10-8-12/h3-10,15H,1-2H3. The van der Waals surface area contributed by atoms with Gasteiger partial charge in [0.1, 0.15) is 0 Å². The Bertz CT molecular complexity index is 659. The highest BCUT2D eigenvalue weighted by molar-refractivity contribution is 6.30. The zero-order valence-electron chi connectivity index (χ0n) is 11.8. The minimum atomic E-state index is -0.889. The van der Waals surface area contributed by atoms with Gasteiger partial charge in [-0.05, 0) is 37.1 Å². The molecule has 1 aliphatic rings. The maximum Gasteiger partial charge on any atom is 0.340 e. The normalized spacial score (nSPS) is 20.3. The third-order valence-corrected chi connectivity index (χ3v) is 3.72. The molecule has 4 heteroatoms. The van der Waals surface area contributed by atoms with Gasteiger partial charge in [-0.2, -0.15) is 0 Å². The third kappa shape index (κ3) is 2.80. The molecule has 3 rings (SSSR count). The lowest BCUT2D eigenvalue weighted by atomic mass is 10.0. The van der Waals surface area contributed by atoms with E-state index in [1.54, 1.807) is 13.8 Å². The molecule has 108 valence electrons. The molecule has 21 heavy (non-hydrogen) atoms. The molecule has 1 heterocycles. The van der Waals surface area contributed by atoms with E-state index in [-0.39, 0.29) is 5.97 Å². The first-order chi connectivity index (χ1) is 9.95. The van der Waals surface area contributed by atoms with Gasteiger partial charge in [-0.1, -0.05) is 48.0 Å². The summed E-state index contributed by atoms with van der Waals surface area (Å²) in [5.41, 5.74) is 2.08. The quantitative estimate of drug-likeness (QED) is 0.773. The molecule has 0 aromatic heterocycles. The van der Waals surface area contributed by atoms with E-state index >= 15 is 0 Å². The average Bonchev–Trinajstić information content (AvgIpc) is 2.74. The van der Waals surface area contributed by atoms with Crippen LogP contribution < -0.4 is 0 Å². The summed E-state index contributed by atoms with van der Waals surface area (Å²) in [5.74, 6) is -0.339. The fourth-order valence-corrected chi connectivity index (χ4v) is 2.32. The Morgan fingerprint density at radius 2 is 1.48 bits per heavy atom. The van der Waals surface area contributed by atoms with Gasteiger partial charge in [-0.3, -0.25) is 0 Å². The minimum absolute atomic E-state index is 0.339. The van der Waals surface area contributed by atoms with Crippen LogP contribution in [0.2, 0.25) is 5.02 Å². The van der Waals surface area contributed by atoms with Crippen molar-refractivity contribution >= 4 is 17.6 Å². The predicted molar refractivity (Wildman–Crippen MR) is 80.9 cm³/mol. The number of benzene rings is 2. The Balaban J connectivity index is 1.82. The van der Waals surface area contributed by atoms with Gasteiger partial charge in [-0.25, -0.2) is 4.79 Å². The smallest absolute Gasteiger partial charge is 0.340 e. The summed E-state index contributed by atoms with van der Waals surface area (Å²) in [7, 11) is 0. The maximum absolute atomic E-state index is 11.6. The van der Waals surface area contributed by atoms with E-state index in [0.29, 0.717) is 5.02 Å². The molecule has 0 N–H and O–H groups in total. The summed E-state index contributed by atoms with van der Waals surface area (Å²) in [4.78, 5) is 11.6. The van der Waals surface area contributed by atoms with Crippen LogP contribution in [0, 0.1) is 0 Å². The van der Waals surface area contributed by atoms with Crippen molar-refractivity contribution in [2.75, 3.05) is 0 Å². The van der Waals surface area contributed by atoms with E-state index in [4.69, 9.17) is 21.1 Å². The second-order valence-electron chi connectivity index (χ2n) is 5.49. The molecule has 0 bridgehead atoms. The summed E-state index contributed by atoms with van der Waals surface area (Å²) < 4.78 is 10.9. The first-order valence-corrected chi connectivity index (χ1v) is 7.08. The number of carbonyl (C=O) groups excluding carboxylic acids is 1. The SMILES string of the molecule is CC1(C)OC(c2ccc(-c3ccc(Cl)cc3)cc2)OC1=O. The first-order valence-electron chi connectivity index (χ1n) is 6.70. The summed E-state index contributed by atoms with van der Waals surface area (Å²) in [6.45, 7) is 3.41. The van der Waals surface area contributed by atoms with Crippen LogP contribution in [0.15, 0.2) is 48.5 Å². The van der Waals surface area contributed by atoms with Crippen molar-refractivity contribution in [1.82, 2.24) is 0 Å². The highest BCUT2D eigenvalue weighted by Crippen LogP contribution is 2.34. The van der Waals surface area contributed by atoms with Gasteiger partial charge in [0.15, 0.2) is 5.60 Å². The number of rotatable bonds is 2. The Morgan fingerprint density at radius 1 is 0.952 bits per heavy atom. The lowest BCUT2D eigenvalue weighted by Gasteiger charge is -2.13. The van der Waals surface area contributed by atoms with Crippen LogP contribution in [0.1, 0.15) is 25.7 Å². The monoisotopic (exact) mass is 302 g/mol. The summed E-state index contributed by atoms with van der Waals surface area (Å²) in [6, 6.07) is 15.4. The number of ether oxygens (including phenoxy) is 2. The topological polar surface area (TPSA) is 35.5 Å². The fourth-order valence-electron chi connectivity index (χ4n) is 2.19. The molecule has 1 fully saturated rings. The number of cyclic esters (lactones) is 1. The Kier molecular flexibility index (Phi) is 3.47. The molecular formula is C17H15ClO3. The van der Waals surface area contributed by atoms with Gasteiger partial charge in [0, 0.05) is 10.6 Å². The van der Waals surface area contributed by atoms with Gasteiger partial charge >= 0.3 is 5.97 Å². The molecule has 3 nitrogen and oxygen atoms in total. The number of carbonyl (C=O) groups is 1. The molecule has 0 saturated carbocycles. The molecule has 0 spiro atoms. The van der Waals surface area contributed by atoms with Crippen LogP contribution in [0.4, 0.5) is 0 Å². The van der Waals surface area contributed by atoms with E-state index in [0.717, 1.165) is 16.7 Å². The second-order valence-corrected chi connectivity index (χ2v) is 5.93. The van der Waals surface area contributed by atoms with Crippen LogP contribution in [0.3, 0.4) is 0 Å². The van der Waals surface area contributed by atoms with E-state index < -0.39 is 11.9 Å². The Hall–Kier alpha value is -1.84. The maximum atomic E-state index is 11.6. The summed E-state index contributed by atoms with van der Waals surface area (Å²) >= 11 is 5.89. The van der Waals surface area contributed by atoms with Gasteiger partial charge < -0.3 is 9.47 Å². The van der Waals surface area contributed by atoms with Gasteiger partial charge in [0.05, 0.1) is 0 Å². The molecule has 0 amide bonds. The molecule has 2 aromatic rings. The first kappa shape index (κ1) is 14.1. The fraction of sp³-hybridized carbons (Fsp3) is 0.235. The number of hydrogen-bond acceptors (Lipinski definition) is 3. The molecule has 1 aliphatic heterocycles. The predicted octanol–water partition coefficient (Wildman–Crippen LogP) is 4.36. The second kappa shape index (κ2) is 5.17. The summed E-state index contributed by atoms with van der Waals surface area (Å²) in [6.07, 6.45) is -0.633. The minimum Gasteiger partial charge on any atom is -0.429 e. The van der Waals surface area contributed by atoms with Crippen molar-refractivity contribution in [2.24, 2.45) is 0 Å². The highest BCUT2D eigenvalue weighted by Gasteiger charge is 2.43. The zero-order chi connectivity index (χ0) is 15.0. The molecule has 0 radical (unpaired) electrons. The van der Waals surface area contributed by atoms with Crippen molar-refractivity contribution in [3.05, 3.63) is 59.1 Å². The van der Waals surface area contributed by atoms with E-state index in [1.165, 1.54) is 0 Å². The average molecular weight is 303 g/mol. The number of halogens is 1. The molecule has 0 aliphatic carbocycles. The van der Waals surface area contributed by atoms with Gasteiger partial charge in [0.25, 0.3) is 0 Å². The van der Waals surface area contributed by atoms with Crippen molar-refractivity contribution < 1.29 is 14.3 Å². The van der Waals surface area contributed by atoms with E-state index in [2.05, 4.69) is 0 Å². The van der Waals surface area contributed by atoms with Crippen molar-refractivity contribution in [3.63, 3.8) is 0 Å². The van der Waals surface area contributed by atoms with Crippen molar-refractivity contribution in [1.29, 1.82) is 0 Å². The summed E-state index contributed by atoms with van der Waals surface area (Å²) in [5, 5.41) is 0.712. The Labute approximate surface area is 128 Å². The molecule has 1 atom stereocenters. The molecule has 1 unspecified atom stereocenters. The third-order valence-electron chi connectivity index (χ3n) is 3.47. The van der Waals surface area contributed by atoms with Crippen LogP contribution in [0.5, 0.6) is 0 Å². The number of esters is 1. The van der Waals surface area contributed by atoms with Crippen LogP contribution in [0.25, 0.3) is 11.1 Å². The molecular weight excluding hydrogens is 288 g/mol. The van der Waals surface area contributed by atoms with E-state index in [1.807, 2.05) is 48.5 Å². The number of hydrogen-bond donors (Lipinski definition) is 0. The largest absolute Gasteiger partial charge is 0.429 e. The zero-order valence-corrected chi connectivity index (χ0v) is 12.6. The van der Waals surface area contributed by atoms with Crippen LogP contribution in [-0.2, 0) is 14.3 Å². The molecule has 1 saturated heterocycles. The van der Waals surface area contributed by atoms with Crippen LogP contribution in [-0.4, -0.2) is 11.6 Å². The van der Waals surface area contributed by atoms with Crippen molar-refractivity contribution in [2.45, 2.75) is 25.7 Å². The van der Waals surface area contributed by atoms with E-state index in [9.17, 15) is 4.79 Å². The van der Waals surface area contributed by atoms with Crippen molar-refractivity contribution in [3.8, 4) is 11.1 Å². The Morgan fingerprint density at radius 3 is 1.95 bits per heavy atom. The highest BCUT2D eigenvalue weighted by atomic mass is 35.5. The van der Waals surface area contributed by atoms with Gasteiger partial charge in [-0.15, -0.1) is 0 Å². The lowest BCUT2D eigenvalue weighted by Crippen LogP contribution is -2.27. The van der Waals surface area contributed by atoms with Crippen LogP contribution >= 0.6 is 11.6 Å². The van der Waals surface area contributed by atoms with Gasteiger partial charge in [0.2, 0.25) is 6.29 Å².